The average Bonchev–Trinajstić information content (AvgIpc) is 3.21. The van der Waals surface area contributed by atoms with E-state index in [0.717, 1.165) is 54.3 Å². The van der Waals surface area contributed by atoms with Crippen LogP contribution in [0.5, 0.6) is 5.75 Å². The molecule has 1 aliphatic rings. The Bertz CT molecular complexity index is 808. The molecule has 0 unspecified atom stereocenters. The third-order valence-electron chi connectivity index (χ3n) is 5.36. The lowest BCUT2D eigenvalue weighted by Crippen LogP contribution is -2.38. The second kappa shape index (κ2) is 10.4. The number of amides is 2. The summed E-state index contributed by atoms with van der Waals surface area (Å²) in [5, 5.41) is 2.78. The van der Waals surface area contributed by atoms with Gasteiger partial charge in [-0.3, -0.25) is 9.59 Å². The fraction of sp³-hybridized carbons (Fsp3) is 0.478. The van der Waals surface area contributed by atoms with Crippen molar-refractivity contribution in [2.45, 2.75) is 46.1 Å². The molecule has 0 aliphatic carbocycles. The third-order valence-corrected chi connectivity index (χ3v) is 6.43. The molecule has 0 atom stereocenters. The van der Waals surface area contributed by atoms with Crippen molar-refractivity contribution >= 4 is 23.2 Å². The summed E-state index contributed by atoms with van der Waals surface area (Å²) in [6.45, 7) is 6.32. The van der Waals surface area contributed by atoms with Gasteiger partial charge in [-0.1, -0.05) is 12.1 Å². The maximum absolute atomic E-state index is 12.8. The van der Waals surface area contributed by atoms with Crippen molar-refractivity contribution in [3.8, 4) is 5.75 Å². The molecule has 29 heavy (non-hydrogen) atoms. The molecule has 6 heteroatoms. The Morgan fingerprint density at radius 1 is 1.14 bits per heavy atom. The first kappa shape index (κ1) is 21.4. The second-order valence-corrected chi connectivity index (χ2v) is 8.70. The van der Waals surface area contributed by atoms with Crippen LogP contribution < -0.4 is 10.1 Å². The van der Waals surface area contributed by atoms with E-state index in [1.807, 2.05) is 36.1 Å². The van der Waals surface area contributed by atoms with Gasteiger partial charge in [0.25, 0.3) is 5.91 Å². The number of piperidine rings is 1. The molecule has 0 saturated carbocycles. The SMILES string of the molecule is CCOc1ccc(CCC2CCN(C(=O)c3ccc(CNC(C)=O)s3)CC2)cc1. The summed E-state index contributed by atoms with van der Waals surface area (Å²) < 4.78 is 5.50. The smallest absolute Gasteiger partial charge is 0.263 e. The van der Waals surface area contributed by atoms with Gasteiger partial charge in [0.2, 0.25) is 5.91 Å². The Morgan fingerprint density at radius 3 is 2.52 bits per heavy atom. The number of hydrogen-bond donors (Lipinski definition) is 1. The number of nitrogens with zero attached hydrogens (tertiary/aromatic N) is 1. The number of benzene rings is 1. The molecule has 0 bridgehead atoms. The number of likely N-dealkylation sites (tertiary alicyclic amines) is 1. The normalized spacial score (nSPS) is 14.6. The maximum atomic E-state index is 12.8. The summed E-state index contributed by atoms with van der Waals surface area (Å²) in [6.07, 6.45) is 4.36. The standard InChI is InChI=1S/C23H30N2O3S/c1-3-28-20-8-6-18(7-9-20)4-5-19-12-14-25(15-13-19)23(27)22-11-10-21(29-22)16-24-17(2)26/h6-11,19H,3-5,12-16H2,1-2H3,(H,24,26). The van der Waals surface area contributed by atoms with Gasteiger partial charge in [0.1, 0.15) is 5.75 Å². The minimum absolute atomic E-state index is 0.0569. The molecule has 2 amide bonds. The molecule has 1 fully saturated rings. The highest BCUT2D eigenvalue weighted by Crippen LogP contribution is 2.26. The number of nitrogens with one attached hydrogen (secondary N) is 1. The van der Waals surface area contributed by atoms with E-state index in [2.05, 4.69) is 17.4 Å². The van der Waals surface area contributed by atoms with E-state index in [-0.39, 0.29) is 11.8 Å². The Morgan fingerprint density at radius 2 is 1.86 bits per heavy atom. The highest BCUT2D eigenvalue weighted by molar-refractivity contribution is 7.14. The van der Waals surface area contributed by atoms with Gasteiger partial charge in [0.15, 0.2) is 0 Å². The highest BCUT2D eigenvalue weighted by atomic mass is 32.1. The first-order chi connectivity index (χ1) is 14.0. The summed E-state index contributed by atoms with van der Waals surface area (Å²) in [5.41, 5.74) is 1.34. The first-order valence-corrected chi connectivity index (χ1v) is 11.2. The molecular formula is C23H30N2O3S. The maximum Gasteiger partial charge on any atom is 0.263 e. The van der Waals surface area contributed by atoms with Gasteiger partial charge in [-0.25, -0.2) is 0 Å². The van der Waals surface area contributed by atoms with E-state index in [4.69, 9.17) is 4.74 Å². The predicted octanol–water partition coefficient (Wildman–Crippen LogP) is 4.27. The van der Waals surface area contributed by atoms with Crippen LogP contribution in [0.25, 0.3) is 0 Å². The molecular weight excluding hydrogens is 384 g/mol. The van der Waals surface area contributed by atoms with Crippen molar-refractivity contribution in [2.24, 2.45) is 5.92 Å². The van der Waals surface area contributed by atoms with Crippen LogP contribution in [0.15, 0.2) is 36.4 Å². The van der Waals surface area contributed by atoms with Crippen molar-refractivity contribution < 1.29 is 14.3 Å². The number of rotatable bonds is 8. The molecule has 1 aromatic carbocycles. The zero-order valence-electron chi connectivity index (χ0n) is 17.3. The van der Waals surface area contributed by atoms with E-state index in [9.17, 15) is 9.59 Å². The van der Waals surface area contributed by atoms with E-state index in [1.165, 1.54) is 23.8 Å². The molecule has 0 radical (unpaired) electrons. The minimum atomic E-state index is -0.0569. The Labute approximate surface area is 177 Å². The number of hydrogen-bond acceptors (Lipinski definition) is 4. The largest absolute Gasteiger partial charge is 0.494 e. The zero-order valence-corrected chi connectivity index (χ0v) is 18.1. The van der Waals surface area contributed by atoms with E-state index < -0.39 is 0 Å². The molecule has 2 heterocycles. The van der Waals surface area contributed by atoms with E-state index in [1.54, 1.807) is 0 Å². The predicted molar refractivity (Wildman–Crippen MR) is 116 cm³/mol. The van der Waals surface area contributed by atoms with Crippen LogP contribution in [0.1, 0.15) is 53.2 Å². The van der Waals surface area contributed by atoms with Crippen LogP contribution in [-0.2, 0) is 17.8 Å². The quantitative estimate of drug-likeness (QED) is 0.702. The van der Waals surface area contributed by atoms with Crippen LogP contribution in [-0.4, -0.2) is 36.4 Å². The van der Waals surface area contributed by atoms with Gasteiger partial charge in [-0.15, -0.1) is 11.3 Å². The van der Waals surface area contributed by atoms with E-state index >= 15 is 0 Å². The summed E-state index contributed by atoms with van der Waals surface area (Å²) in [4.78, 5) is 27.5. The van der Waals surface area contributed by atoms with Gasteiger partial charge < -0.3 is 15.0 Å². The molecule has 1 aliphatic heterocycles. The van der Waals surface area contributed by atoms with Crippen LogP contribution in [0.2, 0.25) is 0 Å². The molecule has 0 spiro atoms. The highest BCUT2D eigenvalue weighted by Gasteiger charge is 2.24. The van der Waals surface area contributed by atoms with Crippen LogP contribution in [0, 0.1) is 5.92 Å². The Hall–Kier alpha value is -2.34. The lowest BCUT2D eigenvalue weighted by Gasteiger charge is -2.31. The van der Waals surface area contributed by atoms with Gasteiger partial charge in [0.05, 0.1) is 18.0 Å². The summed E-state index contributed by atoms with van der Waals surface area (Å²) in [7, 11) is 0. The van der Waals surface area contributed by atoms with Gasteiger partial charge in [0, 0.05) is 24.9 Å². The van der Waals surface area contributed by atoms with Crippen molar-refractivity contribution in [1.82, 2.24) is 10.2 Å². The molecule has 1 aromatic heterocycles. The molecule has 1 N–H and O–H groups in total. The number of carbonyl (C=O) groups excluding carboxylic acids is 2. The Balaban J connectivity index is 1.42. The summed E-state index contributed by atoms with van der Waals surface area (Å²) in [6, 6.07) is 12.2. The number of carbonyl (C=O) groups is 2. The van der Waals surface area contributed by atoms with Crippen LogP contribution in [0.3, 0.4) is 0 Å². The van der Waals surface area contributed by atoms with Crippen molar-refractivity contribution in [1.29, 1.82) is 0 Å². The minimum Gasteiger partial charge on any atom is -0.494 e. The van der Waals surface area contributed by atoms with Crippen LogP contribution >= 0.6 is 11.3 Å². The fourth-order valence-corrected chi connectivity index (χ4v) is 4.59. The monoisotopic (exact) mass is 414 g/mol. The molecule has 5 nitrogen and oxygen atoms in total. The first-order valence-electron chi connectivity index (χ1n) is 10.4. The Kier molecular flexibility index (Phi) is 7.69. The van der Waals surface area contributed by atoms with Crippen molar-refractivity contribution in [3.05, 3.63) is 51.7 Å². The van der Waals surface area contributed by atoms with E-state index in [0.29, 0.717) is 19.1 Å². The topological polar surface area (TPSA) is 58.6 Å². The molecule has 156 valence electrons. The number of thiophene rings is 1. The molecule has 2 aromatic rings. The van der Waals surface area contributed by atoms with Crippen molar-refractivity contribution in [3.63, 3.8) is 0 Å². The molecule has 3 rings (SSSR count). The van der Waals surface area contributed by atoms with Crippen LogP contribution in [0.4, 0.5) is 0 Å². The average molecular weight is 415 g/mol. The number of aryl methyl sites for hydroxylation is 1. The third kappa shape index (κ3) is 6.32. The zero-order chi connectivity index (χ0) is 20.6. The van der Waals surface area contributed by atoms with Gasteiger partial charge in [-0.05, 0) is 68.4 Å². The van der Waals surface area contributed by atoms with Gasteiger partial charge in [-0.2, -0.15) is 0 Å². The van der Waals surface area contributed by atoms with Gasteiger partial charge >= 0.3 is 0 Å². The van der Waals surface area contributed by atoms with Crippen molar-refractivity contribution in [2.75, 3.05) is 19.7 Å². The number of ether oxygens (including phenoxy) is 1. The summed E-state index contributed by atoms with van der Waals surface area (Å²) in [5.74, 6) is 1.66. The lowest BCUT2D eigenvalue weighted by atomic mass is 9.90. The lowest BCUT2D eigenvalue weighted by molar-refractivity contribution is -0.119. The summed E-state index contributed by atoms with van der Waals surface area (Å²) >= 11 is 1.47. The second-order valence-electron chi connectivity index (χ2n) is 7.53. The fourth-order valence-electron chi connectivity index (χ4n) is 3.67. The molecule has 1 saturated heterocycles.